The van der Waals surface area contributed by atoms with Crippen molar-refractivity contribution in [3.63, 3.8) is 0 Å². The van der Waals surface area contributed by atoms with E-state index in [1.807, 2.05) is 26.0 Å². The van der Waals surface area contributed by atoms with Crippen molar-refractivity contribution in [2.75, 3.05) is 13.2 Å². The van der Waals surface area contributed by atoms with E-state index in [2.05, 4.69) is 20.7 Å². The third kappa shape index (κ3) is 5.50. The van der Waals surface area contributed by atoms with Crippen LogP contribution in [0.1, 0.15) is 29.2 Å². The van der Waals surface area contributed by atoms with E-state index in [0.29, 0.717) is 0 Å². The minimum atomic E-state index is -4.32. The number of alkyl halides is 3. The van der Waals surface area contributed by atoms with Crippen LogP contribution in [0.2, 0.25) is 0 Å². The van der Waals surface area contributed by atoms with Crippen LogP contribution < -0.4 is 0 Å². The quantitative estimate of drug-likeness (QED) is 0.818. The van der Waals surface area contributed by atoms with Crippen LogP contribution in [0, 0.1) is 13.8 Å². The van der Waals surface area contributed by atoms with Crippen LogP contribution in [0.5, 0.6) is 0 Å². The van der Waals surface area contributed by atoms with E-state index in [1.54, 1.807) is 0 Å². The van der Waals surface area contributed by atoms with Crippen molar-refractivity contribution in [2.45, 2.75) is 32.5 Å². The minimum absolute atomic E-state index is 0.130. The van der Waals surface area contributed by atoms with Gasteiger partial charge in [-0.3, -0.25) is 0 Å². The monoisotopic (exact) mass is 340 g/mol. The third-order valence-electron chi connectivity index (χ3n) is 2.71. The zero-order chi connectivity index (χ0) is 14.6. The lowest BCUT2D eigenvalue weighted by Gasteiger charge is -2.16. The number of aryl methyl sites for hydroxylation is 2. The van der Waals surface area contributed by atoms with Crippen LogP contribution in [0.3, 0.4) is 0 Å². The average molecular weight is 341 g/mol. The molecule has 0 spiro atoms. The first-order chi connectivity index (χ1) is 8.70. The van der Waals surface area contributed by atoms with Gasteiger partial charge in [-0.2, -0.15) is 13.2 Å². The number of rotatable bonds is 5. The summed E-state index contributed by atoms with van der Waals surface area (Å²) >= 11 is 3.38. The van der Waals surface area contributed by atoms with Crippen molar-refractivity contribution in [1.82, 2.24) is 0 Å². The summed E-state index contributed by atoms with van der Waals surface area (Å²) in [5.74, 6) is 0. The number of ether oxygens (including phenoxy) is 1. The number of hydrogen-bond donors (Lipinski definition) is 1. The lowest BCUT2D eigenvalue weighted by molar-refractivity contribution is -0.175. The molecule has 0 radical (unpaired) electrons. The molecule has 0 aliphatic carbocycles. The molecule has 108 valence electrons. The molecule has 1 aromatic carbocycles. The fraction of sp³-hybridized carbons (Fsp3) is 0.538. The van der Waals surface area contributed by atoms with Gasteiger partial charge in [-0.25, -0.2) is 0 Å². The number of benzene rings is 1. The molecule has 1 aromatic rings. The summed E-state index contributed by atoms with van der Waals surface area (Å²) in [4.78, 5) is 0. The second-order valence-electron chi connectivity index (χ2n) is 4.43. The maximum Gasteiger partial charge on any atom is 0.411 e. The second kappa shape index (κ2) is 6.72. The summed E-state index contributed by atoms with van der Waals surface area (Å²) in [5.41, 5.74) is 2.58. The van der Waals surface area contributed by atoms with Crippen molar-refractivity contribution in [2.24, 2.45) is 0 Å². The van der Waals surface area contributed by atoms with Gasteiger partial charge in [0.25, 0.3) is 0 Å². The Bertz CT molecular complexity index is 433. The highest BCUT2D eigenvalue weighted by molar-refractivity contribution is 9.10. The molecule has 0 saturated heterocycles. The van der Waals surface area contributed by atoms with Crippen molar-refractivity contribution in [1.29, 1.82) is 0 Å². The van der Waals surface area contributed by atoms with Gasteiger partial charge >= 0.3 is 6.18 Å². The Morgan fingerprint density at radius 3 is 2.47 bits per heavy atom. The maximum absolute atomic E-state index is 11.9. The van der Waals surface area contributed by atoms with Crippen LogP contribution in [0.4, 0.5) is 13.2 Å². The van der Waals surface area contributed by atoms with Gasteiger partial charge in [0.2, 0.25) is 0 Å². The molecule has 1 unspecified atom stereocenters. The molecule has 2 nitrogen and oxygen atoms in total. The Balaban J connectivity index is 2.54. The summed E-state index contributed by atoms with van der Waals surface area (Å²) in [5, 5.41) is 9.97. The van der Waals surface area contributed by atoms with Crippen LogP contribution in [-0.2, 0) is 4.74 Å². The van der Waals surface area contributed by atoms with Gasteiger partial charge in [-0.1, -0.05) is 22.0 Å². The van der Waals surface area contributed by atoms with Gasteiger partial charge in [-0.05, 0) is 36.6 Å². The first kappa shape index (κ1) is 16.5. The Kier molecular flexibility index (Phi) is 5.82. The molecule has 0 aliphatic rings. The molecule has 1 atom stereocenters. The summed E-state index contributed by atoms with van der Waals surface area (Å²) in [6.07, 6.45) is -5.01. The topological polar surface area (TPSA) is 29.5 Å². The highest BCUT2D eigenvalue weighted by Gasteiger charge is 2.27. The highest BCUT2D eigenvalue weighted by atomic mass is 79.9. The van der Waals surface area contributed by atoms with E-state index in [0.717, 1.165) is 21.2 Å². The van der Waals surface area contributed by atoms with Gasteiger partial charge in [0.05, 0.1) is 6.10 Å². The maximum atomic E-state index is 11.9. The normalized spacial score (nSPS) is 13.6. The number of halogens is 4. The fourth-order valence-electron chi connectivity index (χ4n) is 1.70. The zero-order valence-corrected chi connectivity index (χ0v) is 12.3. The largest absolute Gasteiger partial charge is 0.411 e. The van der Waals surface area contributed by atoms with Crippen LogP contribution >= 0.6 is 15.9 Å². The Labute approximate surface area is 118 Å². The van der Waals surface area contributed by atoms with Crippen molar-refractivity contribution < 1.29 is 23.0 Å². The smallest absolute Gasteiger partial charge is 0.388 e. The highest BCUT2D eigenvalue weighted by Crippen LogP contribution is 2.27. The van der Waals surface area contributed by atoms with Crippen molar-refractivity contribution >= 4 is 15.9 Å². The van der Waals surface area contributed by atoms with Crippen molar-refractivity contribution in [3.05, 3.63) is 33.3 Å². The predicted molar refractivity (Wildman–Crippen MR) is 70.1 cm³/mol. The second-order valence-corrected chi connectivity index (χ2v) is 5.28. The lowest BCUT2D eigenvalue weighted by Crippen LogP contribution is -2.18. The minimum Gasteiger partial charge on any atom is -0.388 e. The van der Waals surface area contributed by atoms with Crippen molar-refractivity contribution in [3.8, 4) is 0 Å². The van der Waals surface area contributed by atoms with Crippen LogP contribution in [0.15, 0.2) is 16.6 Å². The van der Waals surface area contributed by atoms with Gasteiger partial charge in [-0.15, -0.1) is 0 Å². The summed E-state index contributed by atoms with van der Waals surface area (Å²) in [6, 6.07) is 3.71. The Hall–Kier alpha value is -0.590. The lowest BCUT2D eigenvalue weighted by atomic mass is 9.99. The SMILES string of the molecule is Cc1cc(C(O)CCOCC(F)(F)F)c(C)cc1Br. The molecule has 0 aromatic heterocycles. The molecule has 1 N–H and O–H groups in total. The summed E-state index contributed by atoms with van der Waals surface area (Å²) < 4.78 is 41.0. The summed E-state index contributed by atoms with van der Waals surface area (Å²) in [7, 11) is 0. The molecule has 0 fully saturated rings. The first-order valence-electron chi connectivity index (χ1n) is 5.80. The van der Waals surface area contributed by atoms with Gasteiger partial charge < -0.3 is 9.84 Å². The Morgan fingerprint density at radius 2 is 1.89 bits per heavy atom. The summed E-state index contributed by atoms with van der Waals surface area (Å²) in [6.45, 7) is 2.33. The van der Waals surface area contributed by atoms with Crippen LogP contribution in [0.25, 0.3) is 0 Å². The van der Waals surface area contributed by atoms with E-state index >= 15 is 0 Å². The van der Waals surface area contributed by atoms with Crippen LogP contribution in [-0.4, -0.2) is 24.5 Å². The fourth-order valence-corrected chi connectivity index (χ4v) is 2.16. The molecule has 6 heteroatoms. The number of aliphatic hydroxyl groups excluding tert-OH is 1. The average Bonchev–Trinajstić information content (AvgIpc) is 2.28. The first-order valence-corrected chi connectivity index (χ1v) is 6.59. The standard InChI is InChI=1S/C13H16BrF3O2/c1-8-6-11(14)9(2)5-10(8)12(18)3-4-19-7-13(15,16)17/h5-6,12,18H,3-4,7H2,1-2H3. The van der Waals surface area contributed by atoms with Gasteiger partial charge in [0.1, 0.15) is 6.61 Å². The molecule has 19 heavy (non-hydrogen) atoms. The van der Waals surface area contributed by atoms with E-state index in [-0.39, 0.29) is 13.0 Å². The predicted octanol–water partition coefficient (Wildman–Crippen LogP) is 4.07. The van der Waals surface area contributed by atoms with Gasteiger partial charge in [0.15, 0.2) is 0 Å². The van der Waals surface area contributed by atoms with E-state index in [9.17, 15) is 18.3 Å². The van der Waals surface area contributed by atoms with E-state index < -0.39 is 18.9 Å². The molecule has 0 heterocycles. The molecule has 0 bridgehead atoms. The molecule has 0 amide bonds. The van der Waals surface area contributed by atoms with E-state index in [1.165, 1.54) is 0 Å². The number of aliphatic hydroxyl groups is 1. The zero-order valence-electron chi connectivity index (χ0n) is 10.7. The molecule has 1 rings (SSSR count). The molecular formula is C13H16BrF3O2. The molecule has 0 aliphatic heterocycles. The molecular weight excluding hydrogens is 325 g/mol. The number of hydrogen-bond acceptors (Lipinski definition) is 2. The van der Waals surface area contributed by atoms with Gasteiger partial charge in [0, 0.05) is 17.5 Å². The Morgan fingerprint density at radius 1 is 1.26 bits per heavy atom. The molecule has 0 saturated carbocycles. The third-order valence-corrected chi connectivity index (χ3v) is 3.56. The van der Waals surface area contributed by atoms with E-state index in [4.69, 9.17) is 0 Å².